The van der Waals surface area contributed by atoms with E-state index in [0.29, 0.717) is 27.8 Å². The maximum Gasteiger partial charge on any atom is 0.195 e. The molecule has 3 aromatic heterocycles. The van der Waals surface area contributed by atoms with Crippen LogP contribution in [0.1, 0.15) is 5.56 Å². The quantitative estimate of drug-likeness (QED) is 0.473. The SMILES string of the molecule is Fc1cccc(Cl)c1CSc1ccc2nnc(-c3cccs3)n2n1. The minimum atomic E-state index is -0.306. The van der Waals surface area contributed by atoms with E-state index in [1.165, 1.54) is 17.8 Å². The maximum atomic E-state index is 13.9. The third-order valence-electron chi connectivity index (χ3n) is 3.41. The Morgan fingerprint density at radius 1 is 1.12 bits per heavy atom. The first-order valence-electron chi connectivity index (χ1n) is 7.04. The molecule has 24 heavy (non-hydrogen) atoms. The Bertz CT molecular complexity index is 980. The number of fused-ring (bicyclic) bond motifs is 1. The highest BCUT2D eigenvalue weighted by Crippen LogP contribution is 2.28. The van der Waals surface area contributed by atoms with Crippen LogP contribution in [-0.4, -0.2) is 19.8 Å². The van der Waals surface area contributed by atoms with E-state index in [4.69, 9.17) is 11.6 Å². The number of thiophene rings is 1. The molecule has 1 aromatic carbocycles. The van der Waals surface area contributed by atoms with Gasteiger partial charge in [0.05, 0.1) is 4.88 Å². The molecule has 0 amide bonds. The average molecular weight is 377 g/mol. The van der Waals surface area contributed by atoms with Crippen molar-refractivity contribution in [2.24, 2.45) is 0 Å². The first kappa shape index (κ1) is 15.6. The molecule has 0 aliphatic heterocycles. The molecule has 0 bridgehead atoms. The van der Waals surface area contributed by atoms with Crippen molar-refractivity contribution < 1.29 is 4.39 Å². The largest absolute Gasteiger partial charge is 0.207 e. The molecule has 0 spiro atoms. The van der Waals surface area contributed by atoms with Crippen LogP contribution in [0.25, 0.3) is 16.3 Å². The van der Waals surface area contributed by atoms with E-state index in [2.05, 4.69) is 15.3 Å². The highest BCUT2D eigenvalue weighted by Gasteiger charge is 2.12. The van der Waals surface area contributed by atoms with Crippen LogP contribution in [0.3, 0.4) is 0 Å². The minimum Gasteiger partial charge on any atom is -0.207 e. The summed E-state index contributed by atoms with van der Waals surface area (Å²) in [6, 6.07) is 12.3. The number of rotatable bonds is 4. The predicted molar refractivity (Wildman–Crippen MR) is 95.1 cm³/mol. The van der Waals surface area contributed by atoms with Gasteiger partial charge in [0, 0.05) is 16.3 Å². The second kappa shape index (κ2) is 6.51. The average Bonchev–Trinajstić information content (AvgIpc) is 3.23. The van der Waals surface area contributed by atoms with Crippen molar-refractivity contribution in [3.63, 3.8) is 0 Å². The van der Waals surface area contributed by atoms with Crippen LogP contribution in [0.15, 0.2) is 52.9 Å². The van der Waals surface area contributed by atoms with E-state index in [1.807, 2.05) is 29.6 Å². The van der Waals surface area contributed by atoms with Gasteiger partial charge in [-0.05, 0) is 35.7 Å². The number of hydrogen-bond donors (Lipinski definition) is 0. The predicted octanol–water partition coefficient (Wildman–Crippen LogP) is 4.94. The van der Waals surface area contributed by atoms with Gasteiger partial charge in [0.25, 0.3) is 0 Å². The van der Waals surface area contributed by atoms with Gasteiger partial charge in [-0.1, -0.05) is 35.5 Å². The highest BCUT2D eigenvalue weighted by atomic mass is 35.5. The smallest absolute Gasteiger partial charge is 0.195 e. The molecule has 0 saturated heterocycles. The summed E-state index contributed by atoms with van der Waals surface area (Å²) in [6.45, 7) is 0. The second-order valence-corrected chi connectivity index (χ2v) is 7.28. The Kier molecular flexibility index (Phi) is 4.22. The first-order valence-corrected chi connectivity index (χ1v) is 9.29. The number of nitrogens with zero attached hydrogens (tertiary/aromatic N) is 4. The van der Waals surface area contributed by atoms with Gasteiger partial charge in [-0.15, -0.1) is 21.5 Å². The summed E-state index contributed by atoms with van der Waals surface area (Å²) in [5, 5.41) is 16.0. The number of aromatic nitrogens is 4. The van der Waals surface area contributed by atoms with Gasteiger partial charge >= 0.3 is 0 Å². The molecule has 120 valence electrons. The lowest BCUT2D eigenvalue weighted by atomic mass is 10.2. The van der Waals surface area contributed by atoms with Crippen LogP contribution in [0, 0.1) is 5.82 Å². The lowest BCUT2D eigenvalue weighted by molar-refractivity contribution is 0.617. The summed E-state index contributed by atoms with van der Waals surface area (Å²) < 4.78 is 15.6. The molecule has 8 heteroatoms. The van der Waals surface area contributed by atoms with Crippen LogP contribution in [0.5, 0.6) is 0 Å². The molecule has 0 unspecified atom stereocenters. The van der Waals surface area contributed by atoms with Crippen LogP contribution in [-0.2, 0) is 5.75 Å². The molecule has 4 rings (SSSR count). The Morgan fingerprint density at radius 2 is 2.04 bits per heavy atom. The Balaban J connectivity index is 1.64. The van der Waals surface area contributed by atoms with E-state index in [1.54, 1.807) is 28.0 Å². The molecule has 0 radical (unpaired) electrons. The zero-order valence-corrected chi connectivity index (χ0v) is 14.6. The van der Waals surface area contributed by atoms with Crippen molar-refractivity contribution in [2.45, 2.75) is 10.8 Å². The van der Waals surface area contributed by atoms with E-state index >= 15 is 0 Å². The van der Waals surface area contributed by atoms with E-state index < -0.39 is 0 Å². The van der Waals surface area contributed by atoms with Crippen LogP contribution in [0.4, 0.5) is 4.39 Å². The van der Waals surface area contributed by atoms with Gasteiger partial charge in [-0.3, -0.25) is 0 Å². The highest BCUT2D eigenvalue weighted by molar-refractivity contribution is 7.98. The molecule has 0 atom stereocenters. The second-order valence-electron chi connectivity index (χ2n) is 4.93. The molecule has 0 aliphatic rings. The Labute approximate surface area is 150 Å². The van der Waals surface area contributed by atoms with Gasteiger partial charge in [0.15, 0.2) is 11.5 Å². The summed E-state index contributed by atoms with van der Waals surface area (Å²) in [5.74, 6) is 0.798. The fraction of sp³-hybridized carbons (Fsp3) is 0.0625. The molecule has 4 aromatic rings. The summed E-state index contributed by atoms with van der Waals surface area (Å²) >= 11 is 9.06. The molecule has 3 heterocycles. The summed E-state index contributed by atoms with van der Waals surface area (Å²) in [4.78, 5) is 0.995. The van der Waals surface area contributed by atoms with Gasteiger partial charge in [-0.25, -0.2) is 4.39 Å². The van der Waals surface area contributed by atoms with Crippen molar-refractivity contribution in [3.05, 3.63) is 64.2 Å². The van der Waals surface area contributed by atoms with Crippen molar-refractivity contribution >= 4 is 40.3 Å². The standard InChI is InChI=1S/C16H10ClFN4S2/c17-11-3-1-4-12(18)10(11)9-24-15-7-6-14-19-20-16(22(14)21-15)13-5-2-8-23-13/h1-8H,9H2. The van der Waals surface area contributed by atoms with Crippen molar-refractivity contribution in [1.29, 1.82) is 0 Å². The summed E-state index contributed by atoms with van der Waals surface area (Å²) in [7, 11) is 0. The van der Waals surface area contributed by atoms with Gasteiger partial charge < -0.3 is 0 Å². The number of halogens is 2. The van der Waals surface area contributed by atoms with Crippen molar-refractivity contribution in [1.82, 2.24) is 19.8 Å². The Hall–Kier alpha value is -1.96. The van der Waals surface area contributed by atoms with E-state index in [-0.39, 0.29) is 5.82 Å². The van der Waals surface area contributed by atoms with Crippen molar-refractivity contribution in [2.75, 3.05) is 0 Å². The third-order valence-corrected chi connectivity index (χ3v) is 5.57. The van der Waals surface area contributed by atoms with Gasteiger partial charge in [-0.2, -0.15) is 9.61 Å². The zero-order valence-electron chi connectivity index (χ0n) is 12.2. The minimum absolute atomic E-state index is 0.306. The number of thioether (sulfide) groups is 1. The lowest BCUT2D eigenvalue weighted by Gasteiger charge is -2.05. The van der Waals surface area contributed by atoms with Crippen LogP contribution in [0.2, 0.25) is 5.02 Å². The van der Waals surface area contributed by atoms with Gasteiger partial charge in [0.2, 0.25) is 0 Å². The Morgan fingerprint density at radius 3 is 2.83 bits per heavy atom. The fourth-order valence-electron chi connectivity index (χ4n) is 2.22. The molecule has 0 fully saturated rings. The molecule has 0 aliphatic carbocycles. The first-order chi connectivity index (χ1) is 11.7. The van der Waals surface area contributed by atoms with Crippen LogP contribution >= 0.6 is 34.7 Å². The monoisotopic (exact) mass is 376 g/mol. The summed E-state index contributed by atoms with van der Waals surface area (Å²) in [5.41, 5.74) is 1.15. The number of benzene rings is 1. The third kappa shape index (κ3) is 2.90. The van der Waals surface area contributed by atoms with E-state index in [9.17, 15) is 4.39 Å². The number of hydrogen-bond acceptors (Lipinski definition) is 5. The van der Waals surface area contributed by atoms with Crippen molar-refractivity contribution in [3.8, 4) is 10.7 Å². The normalized spacial score (nSPS) is 11.2. The van der Waals surface area contributed by atoms with E-state index in [0.717, 1.165) is 9.90 Å². The fourth-order valence-corrected chi connectivity index (χ4v) is 4.12. The maximum absolute atomic E-state index is 13.9. The molecule has 0 N–H and O–H groups in total. The zero-order chi connectivity index (χ0) is 16.5. The molecule has 0 saturated carbocycles. The molecule has 4 nitrogen and oxygen atoms in total. The van der Waals surface area contributed by atoms with Crippen LogP contribution < -0.4 is 0 Å². The summed E-state index contributed by atoms with van der Waals surface area (Å²) in [6.07, 6.45) is 0. The topological polar surface area (TPSA) is 43.1 Å². The van der Waals surface area contributed by atoms with Gasteiger partial charge in [0.1, 0.15) is 10.8 Å². The molecular weight excluding hydrogens is 367 g/mol. The molecular formula is C16H10ClFN4S2. The lowest BCUT2D eigenvalue weighted by Crippen LogP contribution is -1.96.